The second-order valence-corrected chi connectivity index (χ2v) is 6.03. The summed E-state index contributed by atoms with van der Waals surface area (Å²) in [4.78, 5) is 21.7. The predicted octanol–water partition coefficient (Wildman–Crippen LogP) is 3.53. The van der Waals surface area contributed by atoms with Crippen LogP contribution in [0.5, 0.6) is 0 Å². The number of aryl methyl sites for hydroxylation is 2. The highest BCUT2D eigenvalue weighted by Crippen LogP contribution is 2.16. The average Bonchev–Trinajstić information content (AvgIpc) is 2.52. The molecule has 0 spiro atoms. The lowest BCUT2D eigenvalue weighted by Gasteiger charge is -2.17. The molecule has 1 aromatic heterocycles. The summed E-state index contributed by atoms with van der Waals surface area (Å²) in [6.45, 7) is 10.4. The molecule has 0 bridgehead atoms. The molecule has 2 aromatic rings. The highest BCUT2D eigenvalue weighted by Gasteiger charge is 2.14. The third-order valence-electron chi connectivity index (χ3n) is 4.11. The smallest absolute Gasteiger partial charge is 0.251 e. The molecular weight excluding hydrogens is 274 g/mol. The fraction of sp³-hybridized carbons (Fsp3) is 0.500. The Morgan fingerprint density at radius 1 is 1.05 bits per heavy atom. The number of carbonyl (C=O) groups excluding carboxylic acids is 1. The lowest BCUT2D eigenvalue weighted by molar-refractivity contribution is 0.0930. The van der Waals surface area contributed by atoms with Gasteiger partial charge in [-0.25, -0.2) is 9.97 Å². The molecule has 1 N–H and O–H groups in total. The summed E-state index contributed by atoms with van der Waals surface area (Å²) in [7, 11) is 0. The van der Waals surface area contributed by atoms with Crippen LogP contribution in [0, 0.1) is 5.92 Å². The Balaban J connectivity index is 2.35. The fourth-order valence-electron chi connectivity index (χ4n) is 2.29. The number of hydrogen-bond acceptors (Lipinski definition) is 3. The lowest BCUT2D eigenvalue weighted by Crippen LogP contribution is -2.36. The molecular formula is C18H25N3O. The molecule has 0 aliphatic heterocycles. The Morgan fingerprint density at radius 3 is 2.18 bits per heavy atom. The van der Waals surface area contributed by atoms with E-state index in [4.69, 9.17) is 0 Å². The van der Waals surface area contributed by atoms with Gasteiger partial charge in [0.25, 0.3) is 5.91 Å². The van der Waals surface area contributed by atoms with E-state index in [0.29, 0.717) is 11.5 Å². The first-order valence-corrected chi connectivity index (χ1v) is 8.06. The summed E-state index contributed by atoms with van der Waals surface area (Å²) in [5.74, 6) is 0.352. The van der Waals surface area contributed by atoms with Gasteiger partial charge in [0.15, 0.2) is 0 Å². The van der Waals surface area contributed by atoms with E-state index in [9.17, 15) is 4.79 Å². The molecule has 22 heavy (non-hydrogen) atoms. The second-order valence-electron chi connectivity index (χ2n) is 6.03. The fourth-order valence-corrected chi connectivity index (χ4v) is 2.29. The van der Waals surface area contributed by atoms with Gasteiger partial charge in [-0.15, -0.1) is 0 Å². The molecule has 0 fully saturated rings. The van der Waals surface area contributed by atoms with E-state index in [2.05, 4.69) is 43.0 Å². The minimum absolute atomic E-state index is 0.0532. The molecule has 1 atom stereocenters. The summed E-state index contributed by atoms with van der Waals surface area (Å²) in [5.41, 5.74) is 4.34. The minimum atomic E-state index is -0.0532. The van der Waals surface area contributed by atoms with Crippen molar-refractivity contribution < 1.29 is 4.79 Å². The van der Waals surface area contributed by atoms with Gasteiger partial charge < -0.3 is 5.32 Å². The zero-order valence-electron chi connectivity index (χ0n) is 14.1. The zero-order valence-corrected chi connectivity index (χ0v) is 14.1. The van der Waals surface area contributed by atoms with Crippen molar-refractivity contribution in [2.75, 3.05) is 0 Å². The van der Waals surface area contributed by atoms with E-state index in [0.717, 1.165) is 35.3 Å². The summed E-state index contributed by atoms with van der Waals surface area (Å²) in [6.07, 6.45) is 1.73. The number of hydrogen-bond donors (Lipinski definition) is 1. The molecule has 4 heteroatoms. The number of aromatic nitrogens is 2. The van der Waals surface area contributed by atoms with Crippen LogP contribution in [-0.4, -0.2) is 21.9 Å². The average molecular weight is 299 g/mol. The van der Waals surface area contributed by atoms with Crippen LogP contribution in [0.15, 0.2) is 18.2 Å². The van der Waals surface area contributed by atoms with Crippen molar-refractivity contribution in [2.45, 2.75) is 53.5 Å². The molecule has 4 nitrogen and oxygen atoms in total. The van der Waals surface area contributed by atoms with Crippen molar-refractivity contribution in [3.63, 3.8) is 0 Å². The van der Waals surface area contributed by atoms with Crippen molar-refractivity contribution in [3.05, 3.63) is 35.2 Å². The first-order valence-electron chi connectivity index (χ1n) is 8.06. The zero-order chi connectivity index (χ0) is 16.3. The van der Waals surface area contributed by atoms with E-state index < -0.39 is 0 Å². The maximum Gasteiger partial charge on any atom is 0.251 e. The number of fused-ring (bicyclic) bond motifs is 1. The number of nitrogens with one attached hydrogen (secondary N) is 1. The molecule has 2 rings (SSSR count). The van der Waals surface area contributed by atoms with Crippen LogP contribution >= 0.6 is 0 Å². The molecule has 118 valence electrons. The Hall–Kier alpha value is -1.97. The third kappa shape index (κ3) is 3.43. The number of benzene rings is 1. The van der Waals surface area contributed by atoms with Crippen LogP contribution in [0.3, 0.4) is 0 Å². The lowest BCUT2D eigenvalue weighted by atomic mass is 10.1. The van der Waals surface area contributed by atoms with Gasteiger partial charge in [0.2, 0.25) is 0 Å². The molecule has 1 amide bonds. The number of rotatable bonds is 5. The van der Waals surface area contributed by atoms with E-state index in [-0.39, 0.29) is 11.9 Å². The Bertz CT molecular complexity index is 679. The molecule has 0 saturated heterocycles. The Kier molecular flexibility index (Phi) is 5.11. The van der Waals surface area contributed by atoms with Crippen LogP contribution in [0.25, 0.3) is 11.0 Å². The maximum absolute atomic E-state index is 12.3. The van der Waals surface area contributed by atoms with E-state index in [1.165, 1.54) is 0 Å². The largest absolute Gasteiger partial charge is 0.349 e. The highest BCUT2D eigenvalue weighted by molar-refractivity contribution is 5.97. The van der Waals surface area contributed by atoms with Crippen molar-refractivity contribution in [3.8, 4) is 0 Å². The summed E-state index contributed by atoms with van der Waals surface area (Å²) < 4.78 is 0. The van der Waals surface area contributed by atoms with E-state index >= 15 is 0 Å². The Labute approximate surface area is 132 Å². The van der Waals surface area contributed by atoms with Crippen molar-refractivity contribution in [1.29, 1.82) is 0 Å². The third-order valence-corrected chi connectivity index (χ3v) is 4.11. The quantitative estimate of drug-likeness (QED) is 0.919. The summed E-state index contributed by atoms with van der Waals surface area (Å²) in [6, 6.07) is 5.69. The maximum atomic E-state index is 12.3. The van der Waals surface area contributed by atoms with Gasteiger partial charge in [0.1, 0.15) is 0 Å². The van der Waals surface area contributed by atoms with E-state index in [1.54, 1.807) is 0 Å². The molecule has 0 aliphatic rings. The molecule has 0 radical (unpaired) electrons. The van der Waals surface area contributed by atoms with Gasteiger partial charge >= 0.3 is 0 Å². The highest BCUT2D eigenvalue weighted by atomic mass is 16.1. The molecule has 0 saturated carbocycles. The van der Waals surface area contributed by atoms with Crippen molar-refractivity contribution in [1.82, 2.24) is 15.3 Å². The minimum Gasteiger partial charge on any atom is -0.349 e. The first-order chi connectivity index (χ1) is 10.5. The van der Waals surface area contributed by atoms with Crippen LogP contribution in [-0.2, 0) is 12.8 Å². The van der Waals surface area contributed by atoms with Gasteiger partial charge in [-0.2, -0.15) is 0 Å². The SMILES string of the molecule is CCc1nc2ccc(C(=O)NC(C)C(C)C)cc2nc1CC. The molecule has 1 heterocycles. The monoisotopic (exact) mass is 299 g/mol. The predicted molar refractivity (Wildman–Crippen MR) is 90.1 cm³/mol. The number of nitrogens with zero attached hydrogens (tertiary/aromatic N) is 2. The van der Waals surface area contributed by atoms with Crippen LogP contribution < -0.4 is 5.32 Å². The summed E-state index contributed by atoms with van der Waals surface area (Å²) >= 11 is 0. The molecule has 0 aliphatic carbocycles. The first kappa shape index (κ1) is 16.4. The van der Waals surface area contributed by atoms with Gasteiger partial charge in [0, 0.05) is 11.6 Å². The molecule has 1 unspecified atom stereocenters. The van der Waals surface area contributed by atoms with Crippen molar-refractivity contribution in [2.24, 2.45) is 5.92 Å². The van der Waals surface area contributed by atoms with Crippen LogP contribution in [0.4, 0.5) is 0 Å². The summed E-state index contributed by atoms with van der Waals surface area (Å²) in [5, 5.41) is 3.02. The van der Waals surface area contributed by atoms with Gasteiger partial charge in [0.05, 0.1) is 22.4 Å². The number of carbonyl (C=O) groups is 1. The standard InChI is InChI=1S/C18H25N3O/c1-6-14-15(7-2)21-17-10-13(8-9-16(17)20-14)18(22)19-12(5)11(3)4/h8-12H,6-7H2,1-5H3,(H,19,22). The van der Waals surface area contributed by atoms with Gasteiger partial charge in [-0.1, -0.05) is 27.7 Å². The van der Waals surface area contributed by atoms with Crippen LogP contribution in [0.2, 0.25) is 0 Å². The van der Waals surface area contributed by atoms with E-state index in [1.807, 2.05) is 25.1 Å². The number of amides is 1. The van der Waals surface area contributed by atoms with Gasteiger partial charge in [-0.05, 0) is 43.9 Å². The molecule has 1 aromatic carbocycles. The van der Waals surface area contributed by atoms with Gasteiger partial charge in [-0.3, -0.25) is 4.79 Å². The topological polar surface area (TPSA) is 54.9 Å². The Morgan fingerprint density at radius 2 is 1.64 bits per heavy atom. The normalized spacial score (nSPS) is 12.6. The van der Waals surface area contributed by atoms with Crippen LogP contribution in [0.1, 0.15) is 56.4 Å². The second kappa shape index (κ2) is 6.86. The van der Waals surface area contributed by atoms with Crippen molar-refractivity contribution >= 4 is 16.9 Å².